The number of hydrogen-bond donors (Lipinski definition) is 1. The van der Waals surface area contributed by atoms with Crippen LogP contribution in [0.4, 0.5) is 8.78 Å². The number of carboxylic acid groups (broad SMARTS) is 1. The molecule has 15 heavy (non-hydrogen) atoms. The van der Waals surface area contributed by atoms with Gasteiger partial charge in [0.2, 0.25) is 5.88 Å². The molecule has 0 aromatic carbocycles. The van der Waals surface area contributed by atoms with E-state index in [4.69, 9.17) is 16.7 Å². The molecule has 1 heterocycles. The molecule has 1 rings (SSSR count). The first kappa shape index (κ1) is 11.6. The first-order chi connectivity index (χ1) is 6.97. The van der Waals surface area contributed by atoms with Gasteiger partial charge in [0.1, 0.15) is 10.7 Å². The maximum atomic E-state index is 12.3. The van der Waals surface area contributed by atoms with Crippen molar-refractivity contribution in [2.45, 2.75) is 6.43 Å². The normalized spacial score (nSPS) is 10.5. The Kier molecular flexibility index (Phi) is 3.41. The minimum atomic E-state index is -2.88. The Morgan fingerprint density at radius 3 is 2.67 bits per heavy atom. The van der Waals surface area contributed by atoms with Gasteiger partial charge in [-0.15, -0.1) is 0 Å². The quantitative estimate of drug-likeness (QED) is 0.820. The Labute approximate surface area is 88.4 Å². The van der Waals surface area contributed by atoms with E-state index >= 15 is 0 Å². The Balaban J connectivity index is 3.37. The maximum absolute atomic E-state index is 12.3. The van der Waals surface area contributed by atoms with Gasteiger partial charge in [-0.05, 0) is 6.07 Å². The minimum Gasteiger partial charge on any atom is -0.480 e. The average Bonchev–Trinajstić information content (AvgIpc) is 2.16. The SMILES string of the molecule is COc1nc(Cl)c(C(F)F)cc1C(=O)O. The molecule has 0 amide bonds. The van der Waals surface area contributed by atoms with Crippen molar-refractivity contribution in [1.29, 1.82) is 0 Å². The van der Waals surface area contributed by atoms with Crippen LogP contribution in [0.25, 0.3) is 0 Å². The first-order valence-corrected chi connectivity index (χ1v) is 4.11. The second kappa shape index (κ2) is 4.39. The smallest absolute Gasteiger partial charge is 0.341 e. The number of alkyl halides is 2. The van der Waals surface area contributed by atoms with E-state index in [9.17, 15) is 13.6 Å². The van der Waals surface area contributed by atoms with E-state index in [0.29, 0.717) is 0 Å². The van der Waals surface area contributed by atoms with Crippen molar-refractivity contribution in [3.05, 3.63) is 22.3 Å². The Hall–Kier alpha value is -1.43. The molecule has 1 aromatic heterocycles. The van der Waals surface area contributed by atoms with E-state index in [1.54, 1.807) is 0 Å². The molecular weight excluding hydrogens is 232 g/mol. The predicted octanol–water partition coefficient (Wildman–Crippen LogP) is 2.38. The van der Waals surface area contributed by atoms with E-state index in [2.05, 4.69) is 9.72 Å². The van der Waals surface area contributed by atoms with Crippen molar-refractivity contribution in [2.24, 2.45) is 0 Å². The molecule has 0 radical (unpaired) electrons. The third-order valence-electron chi connectivity index (χ3n) is 1.63. The molecule has 0 unspecified atom stereocenters. The fourth-order valence-corrected chi connectivity index (χ4v) is 1.17. The van der Waals surface area contributed by atoms with Crippen LogP contribution in [0, 0.1) is 0 Å². The number of halogens is 3. The van der Waals surface area contributed by atoms with Crippen LogP contribution in [0.5, 0.6) is 5.88 Å². The van der Waals surface area contributed by atoms with Gasteiger partial charge in [0, 0.05) is 0 Å². The number of aromatic carboxylic acids is 1. The molecule has 0 aliphatic rings. The lowest BCUT2D eigenvalue weighted by atomic mass is 10.2. The fraction of sp³-hybridized carbons (Fsp3) is 0.250. The monoisotopic (exact) mass is 237 g/mol. The molecule has 4 nitrogen and oxygen atoms in total. The van der Waals surface area contributed by atoms with Crippen LogP contribution in [0.2, 0.25) is 5.15 Å². The molecule has 0 aliphatic heterocycles. The van der Waals surface area contributed by atoms with Gasteiger partial charge in [0.15, 0.2) is 0 Å². The molecule has 82 valence electrons. The molecule has 7 heteroatoms. The summed E-state index contributed by atoms with van der Waals surface area (Å²) < 4.78 is 29.3. The van der Waals surface area contributed by atoms with E-state index in [0.717, 1.165) is 6.07 Å². The lowest BCUT2D eigenvalue weighted by molar-refractivity contribution is 0.0692. The van der Waals surface area contributed by atoms with Gasteiger partial charge >= 0.3 is 5.97 Å². The molecule has 1 aromatic rings. The summed E-state index contributed by atoms with van der Waals surface area (Å²) in [6.07, 6.45) is -2.88. The zero-order valence-corrected chi connectivity index (χ0v) is 8.26. The van der Waals surface area contributed by atoms with E-state index in [1.165, 1.54) is 7.11 Å². The Morgan fingerprint density at radius 1 is 1.67 bits per heavy atom. The van der Waals surface area contributed by atoms with E-state index in [1.807, 2.05) is 0 Å². The standard InChI is InChI=1S/C8H6ClF2NO3/c1-15-7-4(8(13)14)2-3(6(10)11)5(9)12-7/h2,6H,1H3,(H,13,14). The summed E-state index contributed by atoms with van der Waals surface area (Å²) in [5.41, 5.74) is -1.08. The third kappa shape index (κ3) is 2.33. The summed E-state index contributed by atoms with van der Waals surface area (Å²) in [6.45, 7) is 0. The largest absolute Gasteiger partial charge is 0.480 e. The van der Waals surface area contributed by atoms with Gasteiger partial charge in [0.05, 0.1) is 12.7 Å². The number of hydrogen-bond acceptors (Lipinski definition) is 3. The first-order valence-electron chi connectivity index (χ1n) is 3.73. The molecule has 0 saturated carbocycles. The summed E-state index contributed by atoms with van der Waals surface area (Å²) in [6, 6.07) is 0.751. The van der Waals surface area contributed by atoms with Crippen molar-refractivity contribution in [3.63, 3.8) is 0 Å². The van der Waals surface area contributed by atoms with Gasteiger partial charge in [-0.2, -0.15) is 0 Å². The van der Waals surface area contributed by atoms with Crippen molar-refractivity contribution < 1.29 is 23.4 Å². The summed E-state index contributed by atoms with van der Waals surface area (Å²) in [4.78, 5) is 14.1. The molecule has 0 atom stereocenters. The van der Waals surface area contributed by atoms with Crippen LogP contribution in [0.15, 0.2) is 6.07 Å². The number of ether oxygens (including phenoxy) is 1. The van der Waals surface area contributed by atoms with E-state index < -0.39 is 28.7 Å². The molecule has 0 spiro atoms. The summed E-state index contributed by atoms with van der Waals surface area (Å²) in [5.74, 6) is -1.70. The second-order valence-electron chi connectivity index (χ2n) is 2.53. The highest BCUT2D eigenvalue weighted by Gasteiger charge is 2.21. The van der Waals surface area contributed by atoms with Crippen molar-refractivity contribution in [3.8, 4) is 5.88 Å². The average molecular weight is 238 g/mol. The number of rotatable bonds is 3. The number of methoxy groups -OCH3 is 1. The van der Waals surface area contributed by atoms with Crippen LogP contribution >= 0.6 is 11.6 Å². The zero-order valence-electron chi connectivity index (χ0n) is 7.50. The summed E-state index contributed by atoms with van der Waals surface area (Å²) in [7, 11) is 1.17. The molecule has 0 fully saturated rings. The molecule has 0 saturated heterocycles. The van der Waals surface area contributed by atoms with Crippen LogP contribution in [-0.4, -0.2) is 23.2 Å². The third-order valence-corrected chi connectivity index (χ3v) is 1.93. The van der Waals surface area contributed by atoms with Crippen molar-refractivity contribution in [2.75, 3.05) is 7.11 Å². The molecule has 0 aliphatic carbocycles. The highest BCUT2D eigenvalue weighted by Crippen LogP contribution is 2.30. The van der Waals surface area contributed by atoms with Crippen LogP contribution < -0.4 is 4.74 Å². The van der Waals surface area contributed by atoms with Gasteiger partial charge in [-0.1, -0.05) is 11.6 Å². The highest BCUT2D eigenvalue weighted by atomic mass is 35.5. The topological polar surface area (TPSA) is 59.4 Å². The number of carboxylic acids is 1. The van der Waals surface area contributed by atoms with E-state index in [-0.39, 0.29) is 5.88 Å². The number of carbonyl (C=O) groups is 1. The second-order valence-corrected chi connectivity index (χ2v) is 2.89. The molecular formula is C8H6ClF2NO3. The van der Waals surface area contributed by atoms with Crippen LogP contribution in [0.1, 0.15) is 22.3 Å². The van der Waals surface area contributed by atoms with Gasteiger partial charge in [-0.25, -0.2) is 18.6 Å². The minimum absolute atomic E-state index is 0.295. The number of aromatic nitrogens is 1. The molecule has 0 bridgehead atoms. The fourth-order valence-electron chi connectivity index (χ4n) is 0.953. The lowest BCUT2D eigenvalue weighted by Crippen LogP contribution is -2.05. The maximum Gasteiger partial charge on any atom is 0.341 e. The Morgan fingerprint density at radius 2 is 2.27 bits per heavy atom. The van der Waals surface area contributed by atoms with Gasteiger partial charge in [0.25, 0.3) is 6.43 Å². The Bertz CT molecular complexity index is 398. The summed E-state index contributed by atoms with van der Waals surface area (Å²) in [5, 5.41) is 8.22. The molecule has 1 N–H and O–H groups in total. The van der Waals surface area contributed by atoms with Crippen LogP contribution in [-0.2, 0) is 0 Å². The lowest BCUT2D eigenvalue weighted by Gasteiger charge is -2.07. The van der Waals surface area contributed by atoms with Crippen molar-refractivity contribution >= 4 is 17.6 Å². The van der Waals surface area contributed by atoms with Crippen LogP contribution in [0.3, 0.4) is 0 Å². The zero-order chi connectivity index (χ0) is 11.6. The highest BCUT2D eigenvalue weighted by molar-refractivity contribution is 6.30. The predicted molar refractivity (Wildman–Crippen MR) is 47.7 cm³/mol. The van der Waals surface area contributed by atoms with Gasteiger partial charge in [-0.3, -0.25) is 0 Å². The van der Waals surface area contributed by atoms with Crippen molar-refractivity contribution in [1.82, 2.24) is 4.98 Å². The van der Waals surface area contributed by atoms with Gasteiger partial charge < -0.3 is 9.84 Å². The number of pyridine rings is 1. The number of nitrogens with zero attached hydrogens (tertiary/aromatic N) is 1. The summed E-state index contributed by atoms with van der Waals surface area (Å²) >= 11 is 5.42.